The van der Waals surface area contributed by atoms with Gasteiger partial charge in [0.15, 0.2) is 5.06 Å². The Morgan fingerprint density at radius 3 is 2.70 bits per heavy atom. The van der Waals surface area contributed by atoms with Crippen molar-refractivity contribution in [1.82, 2.24) is 4.98 Å². The molecule has 0 spiro atoms. The number of hydrogen-bond donors (Lipinski definition) is 0. The molecule has 0 bridgehead atoms. The van der Waals surface area contributed by atoms with Crippen molar-refractivity contribution in [3.63, 3.8) is 0 Å². The molecular formula is C7H11NOS. The van der Waals surface area contributed by atoms with Gasteiger partial charge in [0.2, 0.25) is 0 Å². The minimum Gasteiger partial charge on any atom is -0.486 e. The summed E-state index contributed by atoms with van der Waals surface area (Å²) in [6.07, 6.45) is 0.952. The summed E-state index contributed by atoms with van der Waals surface area (Å²) in [5, 5.41) is 2.04. The summed E-state index contributed by atoms with van der Waals surface area (Å²) in [7, 11) is 1.69. The third-order valence-electron chi connectivity index (χ3n) is 1.29. The van der Waals surface area contributed by atoms with Crippen molar-refractivity contribution < 1.29 is 4.74 Å². The molecule has 0 saturated heterocycles. The number of hydrogen-bond acceptors (Lipinski definition) is 3. The fourth-order valence-corrected chi connectivity index (χ4v) is 1.65. The molecule has 0 saturated carbocycles. The molecule has 1 aromatic rings. The van der Waals surface area contributed by atoms with E-state index in [1.54, 1.807) is 18.4 Å². The Morgan fingerprint density at radius 1 is 1.60 bits per heavy atom. The second-order valence-electron chi connectivity index (χ2n) is 2.02. The van der Waals surface area contributed by atoms with E-state index in [9.17, 15) is 0 Å². The van der Waals surface area contributed by atoms with Gasteiger partial charge in [-0.05, 0) is 13.3 Å². The molecule has 2 nitrogen and oxygen atoms in total. The van der Waals surface area contributed by atoms with Crippen molar-refractivity contribution in [1.29, 1.82) is 0 Å². The van der Waals surface area contributed by atoms with Gasteiger partial charge < -0.3 is 4.74 Å². The van der Waals surface area contributed by atoms with E-state index >= 15 is 0 Å². The molecule has 3 heteroatoms. The topological polar surface area (TPSA) is 22.1 Å². The fraction of sp³-hybridized carbons (Fsp3) is 0.571. The average Bonchev–Trinajstić information content (AvgIpc) is 2.30. The van der Waals surface area contributed by atoms with E-state index in [-0.39, 0.29) is 0 Å². The lowest BCUT2D eigenvalue weighted by Crippen LogP contribution is -1.85. The van der Waals surface area contributed by atoms with Crippen molar-refractivity contribution in [2.45, 2.75) is 20.3 Å². The van der Waals surface area contributed by atoms with Gasteiger partial charge >= 0.3 is 0 Å². The monoisotopic (exact) mass is 157 g/mol. The van der Waals surface area contributed by atoms with Crippen LogP contribution in [-0.2, 0) is 6.42 Å². The molecule has 0 N–H and O–H groups in total. The maximum absolute atomic E-state index is 5.11. The van der Waals surface area contributed by atoms with Crippen LogP contribution in [-0.4, -0.2) is 12.1 Å². The lowest BCUT2D eigenvalue weighted by Gasteiger charge is -1.94. The third kappa shape index (κ3) is 1.29. The Labute approximate surface area is 64.9 Å². The molecule has 0 amide bonds. The number of aryl methyl sites for hydroxylation is 2. The van der Waals surface area contributed by atoms with E-state index in [1.165, 1.54) is 0 Å². The second kappa shape index (κ2) is 3.01. The number of aromatic nitrogens is 1. The summed E-state index contributed by atoms with van der Waals surface area (Å²) < 4.78 is 5.11. The number of ether oxygens (including phenoxy) is 1. The molecule has 0 fully saturated rings. The minimum atomic E-state index is 0.952. The van der Waals surface area contributed by atoms with Gasteiger partial charge in [-0.25, -0.2) is 4.98 Å². The molecule has 1 rings (SSSR count). The number of nitrogens with zero attached hydrogens (tertiary/aromatic N) is 1. The highest BCUT2D eigenvalue weighted by atomic mass is 32.1. The van der Waals surface area contributed by atoms with Crippen molar-refractivity contribution >= 4 is 11.3 Å². The van der Waals surface area contributed by atoms with E-state index in [0.29, 0.717) is 0 Å². The maximum Gasteiger partial charge on any atom is 0.197 e. The van der Waals surface area contributed by atoms with Crippen molar-refractivity contribution in [2.75, 3.05) is 7.11 Å². The first-order chi connectivity index (χ1) is 4.77. The van der Waals surface area contributed by atoms with Crippen molar-refractivity contribution in [3.05, 3.63) is 10.7 Å². The average molecular weight is 157 g/mol. The van der Waals surface area contributed by atoms with Crippen LogP contribution in [0.3, 0.4) is 0 Å². The van der Waals surface area contributed by atoms with Gasteiger partial charge in [-0.1, -0.05) is 18.3 Å². The Kier molecular flexibility index (Phi) is 2.27. The lowest BCUT2D eigenvalue weighted by atomic mass is 10.4. The van der Waals surface area contributed by atoms with Crippen molar-refractivity contribution in [2.24, 2.45) is 0 Å². The summed E-state index contributed by atoms with van der Waals surface area (Å²) in [5.74, 6) is 0. The molecule has 0 aliphatic rings. The van der Waals surface area contributed by atoms with E-state index < -0.39 is 0 Å². The Hall–Kier alpha value is -0.570. The minimum absolute atomic E-state index is 0.952. The van der Waals surface area contributed by atoms with Crippen LogP contribution in [0.25, 0.3) is 0 Å². The second-order valence-corrected chi connectivity index (χ2v) is 3.19. The zero-order chi connectivity index (χ0) is 7.56. The zero-order valence-electron chi connectivity index (χ0n) is 6.47. The molecular weight excluding hydrogens is 146 g/mol. The molecule has 10 heavy (non-hydrogen) atoms. The van der Waals surface area contributed by atoms with Crippen LogP contribution in [0.2, 0.25) is 0 Å². The summed E-state index contributed by atoms with van der Waals surface area (Å²) >= 11 is 1.61. The predicted molar refractivity (Wildman–Crippen MR) is 42.8 cm³/mol. The van der Waals surface area contributed by atoms with Crippen LogP contribution in [0.4, 0.5) is 0 Å². The number of rotatable bonds is 2. The van der Waals surface area contributed by atoms with Crippen molar-refractivity contribution in [3.8, 4) is 5.06 Å². The SMILES string of the molecule is CCc1nc(C)sc1OC. The maximum atomic E-state index is 5.11. The van der Waals surface area contributed by atoms with Gasteiger partial charge in [0.25, 0.3) is 0 Å². The number of thiazole rings is 1. The molecule has 56 valence electrons. The van der Waals surface area contributed by atoms with Gasteiger partial charge in [0, 0.05) is 0 Å². The molecule has 0 unspecified atom stereocenters. The van der Waals surface area contributed by atoms with Crippen LogP contribution < -0.4 is 4.74 Å². The number of methoxy groups -OCH3 is 1. The highest BCUT2D eigenvalue weighted by Crippen LogP contribution is 2.26. The zero-order valence-corrected chi connectivity index (χ0v) is 7.29. The van der Waals surface area contributed by atoms with Gasteiger partial charge in [-0.2, -0.15) is 0 Å². The van der Waals surface area contributed by atoms with Crippen LogP contribution in [0.15, 0.2) is 0 Å². The molecule has 1 heterocycles. The first kappa shape index (κ1) is 7.54. The summed E-state index contributed by atoms with van der Waals surface area (Å²) in [6.45, 7) is 4.07. The highest BCUT2D eigenvalue weighted by Gasteiger charge is 2.05. The largest absolute Gasteiger partial charge is 0.486 e. The highest BCUT2D eigenvalue weighted by molar-refractivity contribution is 7.13. The molecule has 0 aromatic carbocycles. The summed E-state index contributed by atoms with van der Waals surface area (Å²) in [5.41, 5.74) is 1.07. The van der Waals surface area contributed by atoms with E-state index in [4.69, 9.17) is 4.74 Å². The smallest absolute Gasteiger partial charge is 0.197 e. The first-order valence-electron chi connectivity index (χ1n) is 3.28. The van der Waals surface area contributed by atoms with E-state index in [1.807, 2.05) is 6.92 Å². The molecule has 0 radical (unpaired) electrons. The predicted octanol–water partition coefficient (Wildman–Crippen LogP) is 2.02. The van der Waals surface area contributed by atoms with Gasteiger partial charge in [-0.3, -0.25) is 0 Å². The Morgan fingerprint density at radius 2 is 2.30 bits per heavy atom. The molecule has 0 atom stereocenters. The van der Waals surface area contributed by atoms with Gasteiger partial charge in [0.05, 0.1) is 17.8 Å². The fourth-order valence-electron chi connectivity index (χ4n) is 0.834. The quantitative estimate of drug-likeness (QED) is 0.655. The van der Waals surface area contributed by atoms with Crippen LogP contribution >= 0.6 is 11.3 Å². The van der Waals surface area contributed by atoms with Crippen LogP contribution in [0, 0.1) is 6.92 Å². The van der Waals surface area contributed by atoms with Crippen LogP contribution in [0.5, 0.6) is 5.06 Å². The van der Waals surface area contributed by atoms with E-state index in [2.05, 4.69) is 11.9 Å². The van der Waals surface area contributed by atoms with Gasteiger partial charge in [0.1, 0.15) is 0 Å². The third-order valence-corrected chi connectivity index (χ3v) is 2.26. The normalized spacial score (nSPS) is 9.90. The van der Waals surface area contributed by atoms with Crippen LogP contribution in [0.1, 0.15) is 17.6 Å². The Balaban J connectivity index is 2.96. The van der Waals surface area contributed by atoms with E-state index in [0.717, 1.165) is 22.2 Å². The standard InChI is InChI=1S/C7H11NOS/c1-4-6-7(9-3)10-5(2)8-6/h4H2,1-3H3. The first-order valence-corrected chi connectivity index (χ1v) is 4.09. The summed E-state index contributed by atoms with van der Waals surface area (Å²) in [4.78, 5) is 4.29. The molecule has 0 aliphatic carbocycles. The Bertz CT molecular complexity index is 198. The van der Waals surface area contributed by atoms with Gasteiger partial charge in [-0.15, -0.1) is 0 Å². The molecule has 1 aromatic heterocycles. The lowest BCUT2D eigenvalue weighted by molar-refractivity contribution is 0.421. The summed E-state index contributed by atoms with van der Waals surface area (Å²) in [6, 6.07) is 0. The molecule has 0 aliphatic heterocycles.